The molecule has 3 rings (SSSR count). The number of thioether (sulfide) groups is 1. The molecule has 1 aromatic heterocycles. The lowest BCUT2D eigenvalue weighted by atomic mass is 10.1. The van der Waals surface area contributed by atoms with Crippen LogP contribution in [0.15, 0.2) is 47.6 Å². The van der Waals surface area contributed by atoms with E-state index in [1.165, 1.54) is 68.8 Å². The molecule has 0 spiro atoms. The van der Waals surface area contributed by atoms with Crippen molar-refractivity contribution in [1.29, 1.82) is 0 Å². The summed E-state index contributed by atoms with van der Waals surface area (Å²) in [6, 6.07) is 12.1. The Labute approximate surface area is 229 Å². The summed E-state index contributed by atoms with van der Waals surface area (Å²) in [4.78, 5) is 12.5. The van der Waals surface area contributed by atoms with Gasteiger partial charge in [0.15, 0.2) is 11.0 Å². The summed E-state index contributed by atoms with van der Waals surface area (Å²) in [5.41, 5.74) is 2.89. The SMILES string of the molecule is CCCCCCCCCCCC(=O)NCc1nnc(SCc2ccc(F)cc2)n1-c1cc(Cl)ccc1C. The van der Waals surface area contributed by atoms with Crippen molar-refractivity contribution in [3.8, 4) is 5.69 Å². The van der Waals surface area contributed by atoms with Crippen LogP contribution in [0.3, 0.4) is 0 Å². The topological polar surface area (TPSA) is 59.8 Å². The standard InChI is InChI=1S/C29H38ClFN4OS/c1-3-4-5-6-7-8-9-10-11-12-28(36)32-20-27-33-34-29(37-21-23-14-17-25(31)18-15-23)35(27)26-19-24(30)16-13-22(26)2/h13-19H,3-12,20-21H2,1-2H3,(H,32,36). The Hall–Kier alpha value is -2.38. The Morgan fingerprint density at radius 1 is 0.973 bits per heavy atom. The number of halogens is 2. The first kappa shape index (κ1) is 29.2. The molecule has 0 saturated carbocycles. The second-order valence-corrected chi connectivity index (χ2v) is 10.8. The van der Waals surface area contributed by atoms with Gasteiger partial charge in [0.1, 0.15) is 5.82 Å². The van der Waals surface area contributed by atoms with E-state index in [9.17, 15) is 9.18 Å². The lowest BCUT2D eigenvalue weighted by Gasteiger charge is -2.14. The number of nitrogens with one attached hydrogen (secondary N) is 1. The number of carbonyl (C=O) groups excluding carboxylic acids is 1. The molecule has 8 heteroatoms. The van der Waals surface area contributed by atoms with Crippen LogP contribution in [0.25, 0.3) is 5.69 Å². The van der Waals surface area contributed by atoms with Gasteiger partial charge in [0.2, 0.25) is 5.91 Å². The second kappa shape index (κ2) is 15.8. The molecule has 0 radical (unpaired) electrons. The fourth-order valence-corrected chi connectivity index (χ4v) is 5.25. The molecule has 0 unspecified atom stereocenters. The highest BCUT2D eigenvalue weighted by Gasteiger charge is 2.17. The normalized spacial score (nSPS) is 11.1. The second-order valence-electron chi connectivity index (χ2n) is 9.44. The smallest absolute Gasteiger partial charge is 0.220 e. The van der Waals surface area contributed by atoms with Gasteiger partial charge in [-0.25, -0.2) is 4.39 Å². The summed E-state index contributed by atoms with van der Waals surface area (Å²) in [6.07, 6.45) is 11.5. The molecule has 0 fully saturated rings. The Balaban J connectivity index is 1.57. The molecule has 0 aliphatic heterocycles. The van der Waals surface area contributed by atoms with E-state index in [1.54, 1.807) is 12.1 Å². The van der Waals surface area contributed by atoms with E-state index in [0.717, 1.165) is 29.7 Å². The summed E-state index contributed by atoms with van der Waals surface area (Å²) in [6.45, 7) is 4.53. The van der Waals surface area contributed by atoms with Crippen molar-refractivity contribution in [2.24, 2.45) is 0 Å². The Morgan fingerprint density at radius 3 is 2.35 bits per heavy atom. The first-order valence-electron chi connectivity index (χ1n) is 13.3. The molecule has 0 aliphatic carbocycles. The quantitative estimate of drug-likeness (QED) is 0.146. The number of nitrogens with zero attached hydrogens (tertiary/aromatic N) is 3. The highest BCUT2D eigenvalue weighted by molar-refractivity contribution is 7.98. The third kappa shape index (κ3) is 9.78. The van der Waals surface area contributed by atoms with E-state index in [1.807, 2.05) is 29.7 Å². The molecular formula is C29H38ClFN4OS. The van der Waals surface area contributed by atoms with Crippen LogP contribution in [-0.4, -0.2) is 20.7 Å². The van der Waals surface area contributed by atoms with Gasteiger partial charge in [0, 0.05) is 17.2 Å². The van der Waals surface area contributed by atoms with Crippen LogP contribution in [0.4, 0.5) is 4.39 Å². The van der Waals surface area contributed by atoms with Crippen molar-refractivity contribution >= 4 is 29.3 Å². The van der Waals surface area contributed by atoms with Gasteiger partial charge in [-0.05, 0) is 48.7 Å². The number of amides is 1. The molecule has 2 aromatic carbocycles. The summed E-state index contributed by atoms with van der Waals surface area (Å²) in [5.74, 6) is 1.03. The van der Waals surface area contributed by atoms with Crippen LogP contribution in [0.1, 0.15) is 88.1 Å². The average Bonchev–Trinajstić information content (AvgIpc) is 3.30. The van der Waals surface area contributed by atoms with Gasteiger partial charge in [-0.1, -0.05) is 99.9 Å². The minimum Gasteiger partial charge on any atom is -0.349 e. The molecule has 0 bridgehead atoms. The zero-order chi connectivity index (χ0) is 26.5. The highest BCUT2D eigenvalue weighted by Crippen LogP contribution is 2.28. The minimum atomic E-state index is -0.257. The zero-order valence-electron chi connectivity index (χ0n) is 21.9. The molecule has 0 aliphatic rings. The third-order valence-corrected chi connectivity index (χ3v) is 7.58. The molecule has 37 heavy (non-hydrogen) atoms. The number of carbonyl (C=O) groups is 1. The molecule has 5 nitrogen and oxygen atoms in total. The van der Waals surface area contributed by atoms with E-state index in [-0.39, 0.29) is 18.3 Å². The van der Waals surface area contributed by atoms with Crippen molar-refractivity contribution in [3.05, 3.63) is 70.3 Å². The fraction of sp³-hybridized carbons (Fsp3) is 0.483. The maximum atomic E-state index is 13.3. The van der Waals surface area contributed by atoms with Gasteiger partial charge < -0.3 is 5.32 Å². The Bertz CT molecular complexity index is 1120. The average molecular weight is 545 g/mol. The van der Waals surface area contributed by atoms with Crippen molar-refractivity contribution in [3.63, 3.8) is 0 Å². The first-order valence-corrected chi connectivity index (χ1v) is 14.7. The summed E-state index contributed by atoms with van der Waals surface area (Å²) < 4.78 is 15.2. The minimum absolute atomic E-state index is 0.0285. The van der Waals surface area contributed by atoms with E-state index < -0.39 is 0 Å². The van der Waals surface area contributed by atoms with Gasteiger partial charge >= 0.3 is 0 Å². The van der Waals surface area contributed by atoms with Crippen LogP contribution >= 0.6 is 23.4 Å². The molecule has 1 N–H and O–H groups in total. The van der Waals surface area contributed by atoms with Gasteiger partial charge in [0.25, 0.3) is 0 Å². The maximum absolute atomic E-state index is 13.3. The van der Waals surface area contributed by atoms with Crippen molar-refractivity contribution in [2.45, 2.75) is 95.5 Å². The number of benzene rings is 2. The number of aryl methyl sites for hydroxylation is 1. The largest absolute Gasteiger partial charge is 0.349 e. The number of rotatable bonds is 16. The van der Waals surface area contributed by atoms with Crippen LogP contribution < -0.4 is 5.32 Å². The molecule has 0 atom stereocenters. The van der Waals surface area contributed by atoms with Crippen LogP contribution in [0.5, 0.6) is 0 Å². The molecular weight excluding hydrogens is 507 g/mol. The molecule has 1 heterocycles. The van der Waals surface area contributed by atoms with Gasteiger partial charge in [-0.15, -0.1) is 10.2 Å². The van der Waals surface area contributed by atoms with E-state index in [4.69, 9.17) is 11.6 Å². The summed E-state index contributed by atoms with van der Waals surface area (Å²) in [7, 11) is 0. The number of hydrogen-bond acceptors (Lipinski definition) is 4. The molecule has 200 valence electrons. The van der Waals surface area contributed by atoms with E-state index in [0.29, 0.717) is 28.2 Å². The first-order chi connectivity index (χ1) is 18.0. The third-order valence-electron chi connectivity index (χ3n) is 6.34. The fourth-order valence-electron chi connectivity index (χ4n) is 4.16. The van der Waals surface area contributed by atoms with Crippen LogP contribution in [0, 0.1) is 12.7 Å². The van der Waals surface area contributed by atoms with E-state index >= 15 is 0 Å². The van der Waals surface area contributed by atoms with Crippen LogP contribution in [0.2, 0.25) is 5.02 Å². The Morgan fingerprint density at radius 2 is 1.65 bits per heavy atom. The number of aromatic nitrogens is 3. The van der Waals surface area contributed by atoms with Crippen LogP contribution in [-0.2, 0) is 17.1 Å². The molecule has 0 saturated heterocycles. The van der Waals surface area contributed by atoms with E-state index in [2.05, 4.69) is 22.4 Å². The predicted molar refractivity (Wildman–Crippen MR) is 151 cm³/mol. The maximum Gasteiger partial charge on any atom is 0.220 e. The number of hydrogen-bond donors (Lipinski definition) is 1. The van der Waals surface area contributed by atoms with Crippen molar-refractivity contribution < 1.29 is 9.18 Å². The zero-order valence-corrected chi connectivity index (χ0v) is 23.5. The van der Waals surface area contributed by atoms with Gasteiger partial charge in [-0.2, -0.15) is 0 Å². The lowest BCUT2D eigenvalue weighted by molar-refractivity contribution is -0.121. The summed E-state index contributed by atoms with van der Waals surface area (Å²) >= 11 is 7.82. The molecule has 1 amide bonds. The predicted octanol–water partition coefficient (Wildman–Crippen LogP) is 8.20. The van der Waals surface area contributed by atoms with Gasteiger partial charge in [-0.3, -0.25) is 9.36 Å². The van der Waals surface area contributed by atoms with Crippen molar-refractivity contribution in [2.75, 3.05) is 0 Å². The van der Waals surface area contributed by atoms with Gasteiger partial charge in [0.05, 0.1) is 12.2 Å². The highest BCUT2D eigenvalue weighted by atomic mass is 35.5. The Kier molecular flexibility index (Phi) is 12.4. The molecule has 3 aromatic rings. The summed E-state index contributed by atoms with van der Waals surface area (Å²) in [5, 5.41) is 13.1. The number of unbranched alkanes of at least 4 members (excludes halogenated alkanes) is 8. The lowest BCUT2D eigenvalue weighted by Crippen LogP contribution is -2.24. The monoisotopic (exact) mass is 544 g/mol. The van der Waals surface area contributed by atoms with Crippen molar-refractivity contribution in [1.82, 2.24) is 20.1 Å².